The van der Waals surface area contributed by atoms with Crippen molar-refractivity contribution >= 4 is 5.69 Å². The van der Waals surface area contributed by atoms with Gasteiger partial charge in [0, 0.05) is 35.8 Å². The lowest BCUT2D eigenvalue weighted by atomic mass is 9.90. The number of anilines is 1. The highest BCUT2D eigenvalue weighted by atomic mass is 19.4. The molecule has 1 aliphatic rings. The van der Waals surface area contributed by atoms with Gasteiger partial charge in [-0.3, -0.25) is 0 Å². The molecule has 0 aliphatic carbocycles. The zero-order valence-electron chi connectivity index (χ0n) is 18.3. The van der Waals surface area contributed by atoms with Crippen molar-refractivity contribution in [1.82, 2.24) is 4.98 Å². The summed E-state index contributed by atoms with van der Waals surface area (Å²) >= 11 is 0. The molecule has 0 amide bonds. The minimum Gasteiger partial charge on any atom is -0.444 e. The number of nitrogens with zero attached hydrogens (tertiary/aromatic N) is 2. The third kappa shape index (κ3) is 4.04. The van der Waals surface area contributed by atoms with Crippen LogP contribution in [0.15, 0.2) is 53.1 Å². The predicted octanol–water partition coefficient (Wildman–Crippen LogP) is 5.96. The van der Waals surface area contributed by atoms with Crippen molar-refractivity contribution in [2.45, 2.75) is 50.7 Å². The van der Waals surface area contributed by atoms with Crippen LogP contribution in [0.5, 0.6) is 0 Å². The van der Waals surface area contributed by atoms with E-state index in [1.54, 1.807) is 6.26 Å². The van der Waals surface area contributed by atoms with Gasteiger partial charge in [-0.2, -0.15) is 26.3 Å². The summed E-state index contributed by atoms with van der Waals surface area (Å²) in [6, 6.07) is 10.2. The normalized spacial score (nSPS) is 16.7. The Morgan fingerprint density at radius 1 is 1.06 bits per heavy atom. The summed E-state index contributed by atoms with van der Waals surface area (Å²) in [5, 5.41) is 9.70. The SMILES string of the molecule is Cc1ccccc1-c1nc(CCN2c3ccc(C(O)(C(F)(F)F)C(F)(F)F)cc3CC2C)co1. The Morgan fingerprint density at radius 2 is 1.74 bits per heavy atom. The summed E-state index contributed by atoms with van der Waals surface area (Å²) in [7, 11) is 0. The van der Waals surface area contributed by atoms with Gasteiger partial charge in [0.05, 0.1) is 5.69 Å². The molecule has 34 heavy (non-hydrogen) atoms. The Balaban J connectivity index is 1.55. The molecule has 182 valence electrons. The van der Waals surface area contributed by atoms with E-state index >= 15 is 0 Å². The summed E-state index contributed by atoms with van der Waals surface area (Å²) in [4.78, 5) is 6.41. The number of fused-ring (bicyclic) bond motifs is 1. The highest BCUT2D eigenvalue weighted by molar-refractivity contribution is 5.61. The number of rotatable bonds is 5. The number of hydrogen-bond acceptors (Lipinski definition) is 4. The predicted molar refractivity (Wildman–Crippen MR) is 113 cm³/mol. The Hall–Kier alpha value is -3.01. The molecule has 4 rings (SSSR count). The van der Waals surface area contributed by atoms with E-state index in [1.165, 1.54) is 6.07 Å². The maximum Gasteiger partial charge on any atom is 0.430 e. The van der Waals surface area contributed by atoms with Gasteiger partial charge in [0.25, 0.3) is 5.60 Å². The van der Waals surface area contributed by atoms with Crippen molar-refractivity contribution < 1.29 is 35.9 Å². The third-order valence-electron chi connectivity index (χ3n) is 6.21. The number of oxazole rings is 1. The lowest BCUT2D eigenvalue weighted by Gasteiger charge is -2.33. The first-order chi connectivity index (χ1) is 15.8. The van der Waals surface area contributed by atoms with Crippen LogP contribution in [0.3, 0.4) is 0 Å². The van der Waals surface area contributed by atoms with Gasteiger partial charge in [-0.1, -0.05) is 30.3 Å². The number of aryl methyl sites for hydroxylation is 1. The molecule has 1 N–H and O–H groups in total. The van der Waals surface area contributed by atoms with E-state index < -0.39 is 23.5 Å². The zero-order chi connectivity index (χ0) is 24.9. The first-order valence-corrected chi connectivity index (χ1v) is 10.6. The van der Waals surface area contributed by atoms with E-state index in [-0.39, 0.29) is 12.5 Å². The molecule has 0 bridgehead atoms. The summed E-state index contributed by atoms with van der Waals surface area (Å²) in [5.74, 6) is 0.478. The second-order valence-corrected chi connectivity index (χ2v) is 8.50. The van der Waals surface area contributed by atoms with E-state index in [2.05, 4.69) is 4.98 Å². The Bertz CT molecular complexity index is 1170. The maximum atomic E-state index is 13.3. The van der Waals surface area contributed by atoms with Crippen LogP contribution in [0.25, 0.3) is 11.5 Å². The largest absolute Gasteiger partial charge is 0.444 e. The van der Waals surface area contributed by atoms with E-state index in [9.17, 15) is 31.4 Å². The molecule has 4 nitrogen and oxygen atoms in total. The fraction of sp³-hybridized carbons (Fsp3) is 0.375. The Labute approximate surface area is 191 Å². The first kappa shape index (κ1) is 24.1. The number of halogens is 6. The van der Waals surface area contributed by atoms with Gasteiger partial charge < -0.3 is 14.4 Å². The van der Waals surface area contributed by atoms with Gasteiger partial charge in [-0.15, -0.1) is 0 Å². The molecule has 2 aromatic carbocycles. The second kappa shape index (κ2) is 8.33. The average Bonchev–Trinajstić information content (AvgIpc) is 3.33. The van der Waals surface area contributed by atoms with Gasteiger partial charge in [-0.05, 0) is 43.5 Å². The lowest BCUT2D eigenvalue weighted by Crippen LogP contribution is -2.53. The first-order valence-electron chi connectivity index (χ1n) is 10.6. The molecular weight excluding hydrogens is 462 g/mol. The highest BCUT2D eigenvalue weighted by Crippen LogP contribution is 2.51. The molecule has 2 heterocycles. The average molecular weight is 484 g/mol. The van der Waals surface area contributed by atoms with Crippen LogP contribution in [0.2, 0.25) is 0 Å². The van der Waals surface area contributed by atoms with Gasteiger partial charge in [0.15, 0.2) is 0 Å². The fourth-order valence-electron chi connectivity index (χ4n) is 4.34. The van der Waals surface area contributed by atoms with Gasteiger partial charge in [0.1, 0.15) is 6.26 Å². The molecule has 1 unspecified atom stereocenters. The van der Waals surface area contributed by atoms with Gasteiger partial charge in [0.2, 0.25) is 5.89 Å². The number of alkyl halides is 6. The van der Waals surface area contributed by atoms with Crippen molar-refractivity contribution in [3.05, 3.63) is 71.1 Å². The van der Waals surface area contributed by atoms with Crippen LogP contribution in [0.1, 0.15) is 29.3 Å². The van der Waals surface area contributed by atoms with Crippen molar-refractivity contribution in [1.29, 1.82) is 0 Å². The molecule has 0 fully saturated rings. The standard InChI is InChI=1S/C24H22F6N2O2/c1-14-5-3-4-6-19(14)21-31-18(13-34-21)9-10-32-15(2)11-16-12-17(7-8-20(16)32)22(33,23(25,26)27)24(28,29)30/h3-8,12-13,15,33H,9-11H2,1-2H3. The quantitative estimate of drug-likeness (QED) is 0.455. The Kier molecular flexibility index (Phi) is 5.91. The smallest absolute Gasteiger partial charge is 0.430 e. The highest BCUT2D eigenvalue weighted by Gasteiger charge is 2.71. The van der Waals surface area contributed by atoms with E-state index in [1.807, 2.05) is 43.0 Å². The molecule has 0 saturated carbocycles. The second-order valence-electron chi connectivity index (χ2n) is 8.50. The molecule has 10 heteroatoms. The van der Waals surface area contributed by atoms with Crippen LogP contribution in [0, 0.1) is 6.92 Å². The molecule has 1 aromatic heterocycles. The number of aromatic nitrogens is 1. The van der Waals surface area contributed by atoms with E-state index in [0.717, 1.165) is 17.2 Å². The van der Waals surface area contributed by atoms with Crippen molar-refractivity contribution in [2.24, 2.45) is 0 Å². The van der Waals surface area contributed by atoms with Crippen LogP contribution >= 0.6 is 0 Å². The minimum atomic E-state index is -5.91. The van der Waals surface area contributed by atoms with Crippen LogP contribution < -0.4 is 4.90 Å². The van der Waals surface area contributed by atoms with E-state index in [0.29, 0.717) is 41.9 Å². The van der Waals surface area contributed by atoms with Gasteiger partial charge >= 0.3 is 12.4 Å². The number of benzene rings is 2. The summed E-state index contributed by atoms with van der Waals surface area (Å²) in [6.07, 6.45) is -9.56. The summed E-state index contributed by atoms with van der Waals surface area (Å²) in [5.41, 5.74) is -2.77. The minimum absolute atomic E-state index is 0.155. The molecule has 0 spiro atoms. The van der Waals surface area contributed by atoms with Crippen molar-refractivity contribution in [2.75, 3.05) is 11.4 Å². The van der Waals surface area contributed by atoms with Crippen molar-refractivity contribution in [3.8, 4) is 11.5 Å². The monoisotopic (exact) mass is 484 g/mol. The summed E-state index contributed by atoms with van der Waals surface area (Å²) < 4.78 is 85.1. The molecule has 1 aliphatic heterocycles. The van der Waals surface area contributed by atoms with Crippen LogP contribution in [-0.4, -0.2) is 35.0 Å². The molecule has 1 atom stereocenters. The van der Waals surface area contributed by atoms with Crippen molar-refractivity contribution in [3.63, 3.8) is 0 Å². The van der Waals surface area contributed by atoms with Crippen LogP contribution in [-0.2, 0) is 18.4 Å². The number of hydrogen-bond donors (Lipinski definition) is 1. The zero-order valence-corrected chi connectivity index (χ0v) is 18.3. The topological polar surface area (TPSA) is 49.5 Å². The molecule has 0 saturated heterocycles. The van der Waals surface area contributed by atoms with Gasteiger partial charge in [-0.25, -0.2) is 4.98 Å². The molecule has 3 aromatic rings. The molecule has 0 radical (unpaired) electrons. The summed E-state index contributed by atoms with van der Waals surface area (Å²) in [6.45, 7) is 4.21. The lowest BCUT2D eigenvalue weighted by molar-refractivity contribution is -0.376. The van der Waals surface area contributed by atoms with Crippen LogP contribution in [0.4, 0.5) is 32.0 Å². The maximum absolute atomic E-state index is 13.3. The fourth-order valence-corrected chi connectivity index (χ4v) is 4.34. The molecular formula is C24H22F6N2O2. The Morgan fingerprint density at radius 3 is 2.38 bits per heavy atom. The van der Waals surface area contributed by atoms with E-state index in [4.69, 9.17) is 4.42 Å². The third-order valence-corrected chi connectivity index (χ3v) is 6.21. The number of aliphatic hydroxyl groups is 1.